The number of amides is 9. The molecule has 0 radical (unpaired) electrons. The number of ether oxygens (including phenoxy) is 2. The molecule has 6 aromatic rings. The number of carboxylic acids is 1. The Bertz CT molecular complexity index is 4410. The van der Waals surface area contributed by atoms with Gasteiger partial charge in [-0.2, -0.15) is 13.5 Å². The van der Waals surface area contributed by atoms with E-state index in [9.17, 15) is 61.2 Å². The SMILES string of the molecule is CCC1C2CC3(OCCN(CCS(=O)(=O)O)C(=O)OCc4ccc(NC(=O)[C@H](CCCNC(N)=O)NC(=O)[C@@H](NC(=O)CCCCCN5C(=O)C=CC5=O)C(C)C)cc4)CC4(Cn5ncc(-c6ccc(N7CCn8cnc(C(=O)Nc9nc%10ccccc%10s9)c8C7)nc6C(=O)O)c5C)CC1(C)C23C4. The van der Waals surface area contributed by atoms with E-state index in [1.54, 1.807) is 62.8 Å². The molecule has 32 heteroatoms. The van der Waals surface area contributed by atoms with Crippen molar-refractivity contribution in [3.63, 3.8) is 0 Å². The highest BCUT2D eigenvalue weighted by atomic mass is 32.2. The molecule has 6 aliphatic rings. The number of nitrogens with zero attached hydrogens (tertiary/aromatic N) is 9. The third-order valence-corrected chi connectivity index (χ3v) is 23.6. The molecule has 4 saturated carbocycles. The fourth-order valence-corrected chi connectivity index (χ4v) is 18.8. The van der Waals surface area contributed by atoms with Crippen LogP contribution in [-0.2, 0) is 69.8 Å². The first-order valence-electron chi connectivity index (χ1n) is 34.9. The maximum Gasteiger partial charge on any atom is 0.410 e. The molecular weight excluding hydrogens is 1370 g/mol. The molecule has 103 heavy (non-hydrogen) atoms. The number of carboxylic acid groups (broad SMARTS) is 1. The van der Waals surface area contributed by atoms with Crippen molar-refractivity contribution in [3.8, 4) is 11.1 Å². The lowest BCUT2D eigenvalue weighted by atomic mass is 9.26. The summed E-state index contributed by atoms with van der Waals surface area (Å²) >= 11 is 1.37. The van der Waals surface area contributed by atoms with E-state index in [-0.39, 0.29) is 111 Å². The highest BCUT2D eigenvalue weighted by Gasteiger charge is 2.91. The van der Waals surface area contributed by atoms with Gasteiger partial charge in [0.1, 0.15) is 24.5 Å². The van der Waals surface area contributed by atoms with Crippen LogP contribution < -0.4 is 37.2 Å². The molecule has 9 N–H and O–H groups in total. The Balaban J connectivity index is 0.659. The highest BCUT2D eigenvalue weighted by Crippen LogP contribution is 2.93. The lowest BCUT2D eigenvalue weighted by Gasteiger charge is -2.80. The van der Waals surface area contributed by atoms with E-state index in [0.717, 1.165) is 46.5 Å². The van der Waals surface area contributed by atoms with E-state index in [1.807, 2.05) is 45.3 Å². The van der Waals surface area contributed by atoms with Crippen LogP contribution in [0.1, 0.15) is 136 Å². The second-order valence-electron chi connectivity index (χ2n) is 28.6. The molecule has 9 amide bonds. The van der Waals surface area contributed by atoms with Crippen LogP contribution in [0.25, 0.3) is 21.3 Å². The number of imide groups is 1. The van der Waals surface area contributed by atoms with E-state index in [2.05, 4.69) is 50.4 Å². The van der Waals surface area contributed by atoms with Crippen LogP contribution in [0, 0.1) is 40.9 Å². The lowest BCUT2D eigenvalue weighted by molar-refractivity contribution is -0.374. The number of benzene rings is 2. The number of nitrogens with two attached hydrogens (primary N) is 1. The standard InChI is InChI=1S/C71H87N15O15S2/c1-6-48-49-33-70(38-69(37-68(48,5)71(49,70)39-69)40-86-43(4)47(34-75-86)46-21-22-54(79-59(46)64(93)94)83-27-28-84-41-74-60(52(84)35-83)63(92)81-66-78-50-13-9-10-15-53(50)102-66)101-31-29-82(30-32-103(97,98)99)67(96)100-36-44-17-19-45(20-18-44)76-61(90)51(14-12-25-73-65(72)95)77-62(91)58(42(2)3)80-55(87)16-8-7-11-26-85-56(88)23-24-57(85)89/h9-10,13,15,17-24,34,41-42,48-49,51,58H,6-8,11-12,14,16,25-33,35-40H2,1-5H3,(H,76,90)(H,77,91)(H,80,87)(H,93,94)(H3,72,73,95)(H,78,81,92)(H,97,98,99)/t48?,49?,51-,58-,68?,69?,70?,71?/m0/s1. The topological polar surface area (TPSA) is 404 Å². The molecule has 0 saturated heterocycles. The molecule has 1 spiro atoms. The third kappa shape index (κ3) is 14.8. The molecule has 6 unspecified atom stereocenters. The minimum Gasteiger partial charge on any atom is -0.476 e. The number of carbonyl (C=O) groups excluding carboxylic acids is 8. The summed E-state index contributed by atoms with van der Waals surface area (Å²) in [5.41, 5.74) is 8.43. The van der Waals surface area contributed by atoms with Crippen LogP contribution >= 0.6 is 11.3 Å². The van der Waals surface area contributed by atoms with E-state index >= 15 is 0 Å². The van der Waals surface area contributed by atoms with Gasteiger partial charge >= 0.3 is 18.1 Å². The van der Waals surface area contributed by atoms with E-state index in [0.29, 0.717) is 96.2 Å². The summed E-state index contributed by atoms with van der Waals surface area (Å²) in [6.45, 7) is 11.5. The Morgan fingerprint density at radius 3 is 2.36 bits per heavy atom. The zero-order valence-corrected chi connectivity index (χ0v) is 59.8. The molecule has 12 rings (SSSR count). The quantitative estimate of drug-likeness (QED) is 0.0116. The molecule has 2 aromatic carbocycles. The number of para-hydroxylation sites is 1. The second kappa shape index (κ2) is 29.6. The summed E-state index contributed by atoms with van der Waals surface area (Å²) in [6.07, 6.45) is 11.1. The fraction of sp³-hybridized carbons (Fsp3) is 0.507. The summed E-state index contributed by atoms with van der Waals surface area (Å²) in [7, 11) is -4.51. The van der Waals surface area contributed by atoms with Gasteiger partial charge in [-0.05, 0) is 129 Å². The predicted molar refractivity (Wildman–Crippen MR) is 378 cm³/mol. The van der Waals surface area contributed by atoms with Crippen molar-refractivity contribution in [2.45, 2.75) is 149 Å². The third-order valence-electron chi connectivity index (χ3n) is 22.0. The number of thiazole rings is 1. The first-order valence-corrected chi connectivity index (χ1v) is 37.4. The van der Waals surface area contributed by atoms with Crippen molar-refractivity contribution in [2.24, 2.45) is 39.7 Å². The summed E-state index contributed by atoms with van der Waals surface area (Å²) in [5, 5.41) is 29.8. The molecule has 2 aliphatic heterocycles. The molecular formula is C71H87N15O15S2. The van der Waals surface area contributed by atoms with Crippen LogP contribution in [0.15, 0.2) is 85.3 Å². The number of fused-ring (bicyclic) bond motifs is 3. The number of unbranched alkanes of at least 4 members (excludes halogenated alkanes) is 2. The van der Waals surface area contributed by atoms with Crippen LogP contribution in [-0.4, -0.2) is 173 Å². The van der Waals surface area contributed by atoms with Gasteiger partial charge < -0.3 is 55.9 Å². The Kier molecular flexibility index (Phi) is 21.0. The fourth-order valence-electron chi connectivity index (χ4n) is 17.5. The number of hydrogen-bond acceptors (Lipinski definition) is 19. The predicted octanol–water partition coefficient (Wildman–Crippen LogP) is 7.05. The van der Waals surface area contributed by atoms with Crippen molar-refractivity contribution in [3.05, 3.63) is 114 Å². The van der Waals surface area contributed by atoms with Gasteiger partial charge in [0, 0.05) is 92.3 Å². The number of pyridine rings is 1. The monoisotopic (exact) mass is 1450 g/mol. The van der Waals surface area contributed by atoms with Crippen LogP contribution in [0.3, 0.4) is 0 Å². The Hall–Kier alpha value is -9.66. The van der Waals surface area contributed by atoms with Crippen LogP contribution in [0.4, 0.5) is 26.2 Å². The first-order chi connectivity index (χ1) is 49.1. The summed E-state index contributed by atoms with van der Waals surface area (Å²) in [5.74, 6) is -3.79. The van der Waals surface area contributed by atoms with Gasteiger partial charge in [-0.1, -0.05) is 76.1 Å². The lowest BCUT2D eigenvalue weighted by Crippen LogP contribution is -2.80. The van der Waals surface area contributed by atoms with Crippen molar-refractivity contribution in [2.75, 3.05) is 60.6 Å². The number of imidazole rings is 1. The Morgan fingerprint density at radius 1 is 0.874 bits per heavy atom. The highest BCUT2D eigenvalue weighted by molar-refractivity contribution is 7.85. The van der Waals surface area contributed by atoms with Gasteiger partial charge in [0.15, 0.2) is 16.5 Å². The molecule has 2 bridgehead atoms. The molecule has 6 heterocycles. The number of nitrogens with one attached hydrogen (secondary N) is 5. The van der Waals surface area contributed by atoms with E-state index in [1.165, 1.54) is 28.4 Å². The number of primary amides is 1. The second-order valence-corrected chi connectivity index (χ2v) is 31.2. The number of anilines is 3. The Morgan fingerprint density at radius 2 is 1.64 bits per heavy atom. The normalized spacial score (nSPS) is 22.6. The zero-order valence-electron chi connectivity index (χ0n) is 58.1. The Labute approximate surface area is 599 Å². The molecule has 4 fully saturated rings. The van der Waals surface area contributed by atoms with Gasteiger partial charge in [-0.25, -0.2) is 29.3 Å². The zero-order chi connectivity index (χ0) is 73.3. The largest absolute Gasteiger partial charge is 0.476 e. The summed E-state index contributed by atoms with van der Waals surface area (Å²) in [6, 6.07) is 14.6. The average Bonchev–Trinajstić information content (AvgIpc) is 1.40. The summed E-state index contributed by atoms with van der Waals surface area (Å²) < 4.78 is 51.8. The number of carbonyl (C=O) groups is 9. The van der Waals surface area contributed by atoms with Crippen molar-refractivity contribution in [1.29, 1.82) is 0 Å². The van der Waals surface area contributed by atoms with E-state index in [4.69, 9.17) is 25.3 Å². The maximum absolute atomic E-state index is 13.9. The number of aromatic carboxylic acids is 1. The van der Waals surface area contributed by atoms with Gasteiger partial charge in [-0.3, -0.25) is 48.2 Å². The number of rotatable bonds is 33. The van der Waals surface area contributed by atoms with Gasteiger partial charge in [0.05, 0.1) is 52.9 Å². The average molecular weight is 1450 g/mol. The minimum absolute atomic E-state index is 0.0471. The van der Waals surface area contributed by atoms with Gasteiger partial charge in [0.2, 0.25) is 17.7 Å². The molecule has 8 atom stereocenters. The maximum atomic E-state index is 13.9. The number of aromatic nitrogens is 6. The minimum atomic E-state index is -4.51. The van der Waals surface area contributed by atoms with Crippen LogP contribution in [0.2, 0.25) is 0 Å². The summed E-state index contributed by atoms with van der Waals surface area (Å²) in [4.78, 5) is 135. The smallest absolute Gasteiger partial charge is 0.410 e. The van der Waals surface area contributed by atoms with Gasteiger partial charge in [0.25, 0.3) is 27.8 Å². The van der Waals surface area contributed by atoms with E-state index < -0.39 is 75.3 Å². The number of urea groups is 1. The van der Waals surface area contributed by atoms with Crippen molar-refractivity contribution < 1.29 is 70.7 Å². The number of hydrogen-bond donors (Lipinski definition) is 8. The molecule has 548 valence electrons. The van der Waals surface area contributed by atoms with Crippen molar-refractivity contribution in [1.82, 2.24) is 55.0 Å². The van der Waals surface area contributed by atoms with Crippen LogP contribution in [0.5, 0.6) is 0 Å². The van der Waals surface area contributed by atoms with Gasteiger partial charge in [-0.15, -0.1) is 0 Å². The first kappa shape index (κ1) is 73.1. The van der Waals surface area contributed by atoms with Crippen molar-refractivity contribution >= 4 is 102 Å². The molecule has 4 aliphatic carbocycles. The molecule has 4 aromatic heterocycles. The molecule has 30 nitrogen and oxygen atoms in total.